The van der Waals surface area contributed by atoms with Gasteiger partial charge in [0, 0.05) is 16.5 Å². The first kappa shape index (κ1) is 20.7. The van der Waals surface area contributed by atoms with Gasteiger partial charge in [-0.05, 0) is 36.2 Å². The minimum absolute atomic E-state index is 0.141. The van der Waals surface area contributed by atoms with Crippen LogP contribution in [-0.2, 0) is 22.6 Å². The fraction of sp³-hybridized carbons (Fsp3) is 0.148. The van der Waals surface area contributed by atoms with Crippen molar-refractivity contribution in [1.29, 1.82) is 0 Å². The quantitative estimate of drug-likeness (QED) is 0.432. The molecule has 0 aliphatic carbocycles. The molecule has 4 aromatic rings. The maximum Gasteiger partial charge on any atom is 0.240 e. The number of hydrogen-bond acceptors (Lipinski definition) is 4. The van der Waals surface area contributed by atoms with Crippen LogP contribution < -0.4 is 15.8 Å². The topological polar surface area (TPSA) is 94.3 Å². The molecule has 1 aliphatic heterocycles. The van der Waals surface area contributed by atoms with Crippen LogP contribution in [0.25, 0.3) is 22.2 Å². The van der Waals surface area contributed by atoms with Crippen LogP contribution in [0.15, 0.2) is 84.9 Å². The molecule has 2 heterocycles. The molecule has 6 heteroatoms. The lowest BCUT2D eigenvalue weighted by atomic mass is 9.84. The van der Waals surface area contributed by atoms with Crippen molar-refractivity contribution < 1.29 is 14.3 Å². The molecule has 1 saturated heterocycles. The third-order valence-corrected chi connectivity index (χ3v) is 5.99. The van der Waals surface area contributed by atoms with E-state index in [-0.39, 0.29) is 5.91 Å². The molecule has 3 N–H and O–H groups in total. The Bertz CT molecular complexity index is 1320. The summed E-state index contributed by atoms with van der Waals surface area (Å²) in [5.41, 5.74) is 10.2. The van der Waals surface area contributed by atoms with Crippen molar-refractivity contribution in [1.82, 2.24) is 10.3 Å². The zero-order chi connectivity index (χ0) is 22.8. The number of nitrogens with two attached hydrogens (primary N) is 1. The Kier molecular flexibility index (Phi) is 5.48. The van der Waals surface area contributed by atoms with E-state index >= 15 is 0 Å². The lowest BCUT2D eigenvalue weighted by Crippen LogP contribution is -2.64. The summed E-state index contributed by atoms with van der Waals surface area (Å²) in [6.45, 7) is 0.400. The predicted octanol–water partition coefficient (Wildman–Crippen LogP) is 3.62. The number of hydrogen-bond donors (Lipinski definition) is 2. The number of amides is 2. The van der Waals surface area contributed by atoms with Gasteiger partial charge in [0.25, 0.3) is 0 Å². The molecule has 6 nitrogen and oxygen atoms in total. The van der Waals surface area contributed by atoms with Gasteiger partial charge in [0.2, 0.25) is 11.8 Å². The molecule has 2 amide bonds. The molecule has 5 rings (SSSR count). The van der Waals surface area contributed by atoms with E-state index in [4.69, 9.17) is 15.5 Å². The van der Waals surface area contributed by atoms with Gasteiger partial charge in [-0.1, -0.05) is 60.7 Å². The molecule has 0 radical (unpaired) electrons. The first-order valence-electron chi connectivity index (χ1n) is 10.8. The predicted molar refractivity (Wildman–Crippen MR) is 126 cm³/mol. The standard InChI is InChI=1S/C27H23N3O3/c28-26(31)25-22(27(32)30-25)14-17-10-12-20(13-11-17)33-16-19-15-24(18-6-2-1-3-7-18)29-23-9-5-4-8-21(19)23/h1-13,15,22,25H,14,16H2,(H2,28,31)(H,30,32)/t22-,25+/m1/s1. The van der Waals surface area contributed by atoms with E-state index in [1.807, 2.05) is 72.8 Å². The summed E-state index contributed by atoms with van der Waals surface area (Å²) >= 11 is 0. The highest BCUT2D eigenvalue weighted by Crippen LogP contribution is 2.27. The van der Waals surface area contributed by atoms with Crippen LogP contribution in [0.3, 0.4) is 0 Å². The number of β-lactam (4-membered cyclic amide) rings is 1. The lowest BCUT2D eigenvalue weighted by molar-refractivity contribution is -0.142. The molecule has 1 fully saturated rings. The van der Waals surface area contributed by atoms with Gasteiger partial charge in [-0.2, -0.15) is 0 Å². The van der Waals surface area contributed by atoms with E-state index in [2.05, 4.69) is 17.4 Å². The minimum atomic E-state index is -0.591. The Morgan fingerprint density at radius 3 is 2.42 bits per heavy atom. The molecule has 1 aliphatic rings. The number of carbonyl (C=O) groups excluding carboxylic acids is 2. The van der Waals surface area contributed by atoms with E-state index in [1.54, 1.807) is 0 Å². The van der Waals surface area contributed by atoms with Crippen molar-refractivity contribution in [3.63, 3.8) is 0 Å². The molecule has 164 valence electrons. The third-order valence-electron chi connectivity index (χ3n) is 5.99. The second kappa shape index (κ2) is 8.74. The van der Waals surface area contributed by atoms with Crippen LogP contribution in [0.4, 0.5) is 0 Å². The van der Waals surface area contributed by atoms with Crippen molar-refractivity contribution in [2.24, 2.45) is 11.7 Å². The Balaban J connectivity index is 1.32. The number of benzene rings is 3. The zero-order valence-electron chi connectivity index (χ0n) is 17.9. The van der Waals surface area contributed by atoms with Crippen LogP contribution >= 0.6 is 0 Å². The largest absolute Gasteiger partial charge is 0.489 e. The number of aromatic nitrogens is 1. The highest BCUT2D eigenvalue weighted by Gasteiger charge is 2.42. The number of nitrogens with one attached hydrogen (secondary N) is 1. The van der Waals surface area contributed by atoms with Gasteiger partial charge in [0.1, 0.15) is 18.4 Å². The van der Waals surface area contributed by atoms with Gasteiger partial charge in [0.15, 0.2) is 0 Å². The molecule has 33 heavy (non-hydrogen) atoms. The Morgan fingerprint density at radius 2 is 1.70 bits per heavy atom. The lowest BCUT2D eigenvalue weighted by Gasteiger charge is -2.34. The van der Waals surface area contributed by atoms with Crippen molar-refractivity contribution in [3.05, 3.63) is 96.1 Å². The maximum absolute atomic E-state index is 11.8. The van der Waals surface area contributed by atoms with Crippen LogP contribution in [-0.4, -0.2) is 22.8 Å². The number of fused-ring (bicyclic) bond motifs is 1. The summed E-state index contributed by atoms with van der Waals surface area (Å²) in [6, 6.07) is 27.2. The summed E-state index contributed by atoms with van der Waals surface area (Å²) in [6.07, 6.45) is 0.467. The maximum atomic E-state index is 11.8. The molecule has 1 aromatic heterocycles. The molecule has 0 spiro atoms. The smallest absolute Gasteiger partial charge is 0.240 e. The average molecular weight is 437 g/mol. The average Bonchev–Trinajstić information content (AvgIpc) is 2.85. The van der Waals surface area contributed by atoms with Gasteiger partial charge in [-0.3, -0.25) is 9.59 Å². The van der Waals surface area contributed by atoms with Crippen LogP contribution in [0.1, 0.15) is 11.1 Å². The normalized spacial score (nSPS) is 17.3. The van der Waals surface area contributed by atoms with Crippen LogP contribution in [0.5, 0.6) is 5.75 Å². The van der Waals surface area contributed by atoms with E-state index < -0.39 is 17.9 Å². The Morgan fingerprint density at radius 1 is 0.970 bits per heavy atom. The molecule has 3 aromatic carbocycles. The van der Waals surface area contributed by atoms with E-state index in [0.29, 0.717) is 13.0 Å². The summed E-state index contributed by atoms with van der Waals surface area (Å²) in [4.78, 5) is 28.0. The highest BCUT2D eigenvalue weighted by atomic mass is 16.5. The number of ether oxygens (including phenoxy) is 1. The van der Waals surface area contributed by atoms with Crippen molar-refractivity contribution in [2.75, 3.05) is 0 Å². The van der Waals surface area contributed by atoms with Crippen molar-refractivity contribution in [2.45, 2.75) is 19.1 Å². The monoisotopic (exact) mass is 437 g/mol. The molecular formula is C27H23N3O3. The number of primary amides is 1. The van der Waals surface area contributed by atoms with E-state index in [9.17, 15) is 9.59 Å². The summed E-state index contributed by atoms with van der Waals surface area (Å²) in [5, 5.41) is 3.61. The minimum Gasteiger partial charge on any atom is -0.489 e. The fourth-order valence-corrected chi connectivity index (χ4v) is 4.16. The molecule has 0 saturated carbocycles. The van der Waals surface area contributed by atoms with Gasteiger partial charge in [-0.25, -0.2) is 4.98 Å². The van der Waals surface area contributed by atoms with E-state index in [1.165, 1.54) is 0 Å². The number of carbonyl (C=O) groups is 2. The first-order chi connectivity index (χ1) is 16.1. The number of nitrogens with zero attached hydrogens (tertiary/aromatic N) is 1. The Hall–Kier alpha value is -4.19. The van der Waals surface area contributed by atoms with Gasteiger partial charge >= 0.3 is 0 Å². The van der Waals surface area contributed by atoms with Crippen molar-refractivity contribution in [3.8, 4) is 17.0 Å². The SMILES string of the molecule is NC(=O)[C@H]1NC(=O)[C@@H]1Cc1ccc(OCc2cc(-c3ccccc3)nc3ccccc23)cc1. The molecular weight excluding hydrogens is 414 g/mol. The molecule has 0 bridgehead atoms. The number of pyridine rings is 1. The van der Waals surface area contributed by atoms with Crippen molar-refractivity contribution >= 4 is 22.7 Å². The van der Waals surface area contributed by atoms with Gasteiger partial charge in [0.05, 0.1) is 17.1 Å². The van der Waals surface area contributed by atoms with Crippen LogP contribution in [0.2, 0.25) is 0 Å². The summed E-state index contributed by atoms with van der Waals surface area (Å²) in [7, 11) is 0. The third kappa shape index (κ3) is 4.28. The summed E-state index contributed by atoms with van der Waals surface area (Å²) in [5.74, 6) is -0.323. The van der Waals surface area contributed by atoms with Gasteiger partial charge < -0.3 is 15.8 Å². The second-order valence-electron chi connectivity index (χ2n) is 8.18. The van der Waals surface area contributed by atoms with Crippen LogP contribution in [0, 0.1) is 5.92 Å². The molecule has 0 unspecified atom stereocenters. The van der Waals surface area contributed by atoms with Gasteiger partial charge in [-0.15, -0.1) is 0 Å². The highest BCUT2D eigenvalue weighted by molar-refractivity contribution is 5.98. The Labute approximate surface area is 191 Å². The fourth-order valence-electron chi connectivity index (χ4n) is 4.16. The summed E-state index contributed by atoms with van der Waals surface area (Å²) < 4.78 is 6.09. The van der Waals surface area contributed by atoms with E-state index in [0.717, 1.165) is 39.0 Å². The first-order valence-corrected chi connectivity index (χ1v) is 10.8. The molecule has 2 atom stereocenters. The zero-order valence-corrected chi connectivity index (χ0v) is 17.9. The number of para-hydroxylation sites is 1. The second-order valence-corrected chi connectivity index (χ2v) is 8.18. The number of rotatable bonds is 7.